The maximum Gasteiger partial charge on any atom is 0.289 e. The van der Waals surface area contributed by atoms with Crippen molar-refractivity contribution in [3.05, 3.63) is 53.7 Å². The van der Waals surface area contributed by atoms with Gasteiger partial charge in [0.1, 0.15) is 11.7 Å². The summed E-state index contributed by atoms with van der Waals surface area (Å²) >= 11 is 0. The quantitative estimate of drug-likeness (QED) is 0.829. The van der Waals surface area contributed by atoms with Crippen LogP contribution in [0.25, 0.3) is 0 Å². The molecule has 1 aromatic carbocycles. The van der Waals surface area contributed by atoms with Crippen molar-refractivity contribution in [2.45, 2.75) is 18.3 Å². The smallest absolute Gasteiger partial charge is 0.289 e. The van der Waals surface area contributed by atoms with Crippen LogP contribution in [0.3, 0.4) is 0 Å². The first-order chi connectivity index (χ1) is 12.0. The highest BCUT2D eigenvalue weighted by molar-refractivity contribution is 6.04. The van der Waals surface area contributed by atoms with E-state index in [4.69, 9.17) is 10.2 Å². The molecule has 2 aromatic rings. The minimum atomic E-state index is -1.50. The molecule has 8 heteroatoms. The van der Waals surface area contributed by atoms with Gasteiger partial charge in [-0.15, -0.1) is 0 Å². The van der Waals surface area contributed by atoms with E-state index in [0.29, 0.717) is 5.69 Å². The molecule has 0 saturated carbocycles. The molecule has 1 spiro atoms. The number of furan rings is 1. The summed E-state index contributed by atoms with van der Waals surface area (Å²) in [7, 11) is 0. The molecule has 1 amide bonds. The van der Waals surface area contributed by atoms with Crippen molar-refractivity contribution < 1.29 is 18.0 Å². The maximum atomic E-state index is 15.0. The summed E-state index contributed by atoms with van der Waals surface area (Å²) in [6.45, 7) is 0.113. The molecule has 3 N–H and O–H groups in total. The Bertz CT molecular complexity index is 852. The van der Waals surface area contributed by atoms with Gasteiger partial charge in [0.2, 0.25) is 0 Å². The molecule has 2 aliphatic heterocycles. The third-order valence-electron chi connectivity index (χ3n) is 4.62. The zero-order valence-electron chi connectivity index (χ0n) is 13.2. The number of piperidine rings is 1. The number of carbonyl (C=O) groups is 1. The Labute approximate surface area is 142 Å². The first-order valence-corrected chi connectivity index (χ1v) is 7.89. The van der Waals surface area contributed by atoms with Crippen LogP contribution in [0.15, 0.2) is 46.0 Å². The van der Waals surface area contributed by atoms with Crippen molar-refractivity contribution in [1.29, 1.82) is 0 Å². The normalized spacial score (nSPS) is 25.3. The average Bonchev–Trinajstić information content (AvgIpc) is 3.11. The molecule has 4 rings (SSSR count). The fourth-order valence-corrected chi connectivity index (χ4v) is 3.33. The van der Waals surface area contributed by atoms with Crippen molar-refractivity contribution >= 4 is 17.4 Å². The van der Waals surface area contributed by atoms with E-state index >= 15 is 4.39 Å². The lowest BCUT2D eigenvalue weighted by Gasteiger charge is -2.44. The molecule has 1 aromatic heterocycles. The van der Waals surface area contributed by atoms with Gasteiger partial charge in [-0.3, -0.25) is 4.79 Å². The molecule has 6 nitrogen and oxygen atoms in total. The van der Waals surface area contributed by atoms with Crippen LogP contribution in [0.4, 0.5) is 14.5 Å². The van der Waals surface area contributed by atoms with Crippen LogP contribution in [-0.2, 0) is 0 Å². The minimum absolute atomic E-state index is 0.0414. The number of alkyl halides is 1. The second kappa shape index (κ2) is 5.58. The van der Waals surface area contributed by atoms with Gasteiger partial charge < -0.3 is 20.4 Å². The summed E-state index contributed by atoms with van der Waals surface area (Å²) in [6.07, 6.45) is 0.0947. The Hall–Kier alpha value is -2.90. The van der Waals surface area contributed by atoms with E-state index in [2.05, 4.69) is 10.3 Å². The van der Waals surface area contributed by atoms with Crippen LogP contribution in [0, 0.1) is 5.82 Å². The lowest BCUT2D eigenvalue weighted by atomic mass is 9.92. The van der Waals surface area contributed by atoms with E-state index in [1.54, 1.807) is 12.1 Å². The van der Waals surface area contributed by atoms with Gasteiger partial charge in [0.25, 0.3) is 5.91 Å². The fourth-order valence-electron chi connectivity index (χ4n) is 3.33. The van der Waals surface area contributed by atoms with E-state index in [-0.39, 0.29) is 42.6 Å². The van der Waals surface area contributed by atoms with Gasteiger partial charge in [0, 0.05) is 18.7 Å². The Morgan fingerprint density at radius 3 is 2.96 bits per heavy atom. The number of amidine groups is 1. The number of rotatable bonds is 1. The number of aliphatic imine (C=N–C) groups is 1. The molecule has 0 unspecified atom stereocenters. The number of nitrogens with zero attached hydrogens (tertiary/aromatic N) is 2. The molecule has 1 fully saturated rings. The Kier molecular flexibility index (Phi) is 3.48. The van der Waals surface area contributed by atoms with Crippen molar-refractivity contribution in [2.75, 3.05) is 18.4 Å². The number of fused-ring (bicyclic) bond motifs is 1. The predicted octanol–water partition coefficient (Wildman–Crippen LogP) is 2.13. The number of carbonyl (C=O) groups excluding carboxylic acids is 1. The number of benzene rings is 1. The topological polar surface area (TPSA) is 83.9 Å². The Morgan fingerprint density at radius 1 is 1.40 bits per heavy atom. The van der Waals surface area contributed by atoms with Crippen LogP contribution in [0.2, 0.25) is 0 Å². The highest BCUT2D eigenvalue weighted by Crippen LogP contribution is 2.36. The third kappa shape index (κ3) is 2.45. The van der Waals surface area contributed by atoms with Crippen LogP contribution >= 0.6 is 0 Å². The number of likely N-dealkylation sites (tertiary alicyclic amines) is 1. The van der Waals surface area contributed by atoms with Gasteiger partial charge in [-0.1, -0.05) is 6.07 Å². The van der Waals surface area contributed by atoms with Gasteiger partial charge in [-0.25, -0.2) is 13.8 Å². The highest BCUT2D eigenvalue weighted by atomic mass is 19.1. The first-order valence-electron chi connectivity index (χ1n) is 7.89. The van der Waals surface area contributed by atoms with Gasteiger partial charge in [-0.05, 0) is 24.3 Å². The SMILES string of the molecule is NC1=N[C@@]2(CCN(C(=O)c3ccco3)C[C@@H]2F)Nc2cccc(F)c21. The number of anilines is 1. The molecule has 0 radical (unpaired) electrons. The number of nitrogens with one attached hydrogen (secondary N) is 1. The molecule has 1 saturated heterocycles. The van der Waals surface area contributed by atoms with Crippen molar-refractivity contribution in [1.82, 2.24) is 4.90 Å². The van der Waals surface area contributed by atoms with Crippen LogP contribution < -0.4 is 11.1 Å². The zero-order chi connectivity index (χ0) is 17.6. The van der Waals surface area contributed by atoms with E-state index in [1.807, 2.05) is 0 Å². The maximum absolute atomic E-state index is 15.0. The molecule has 3 heterocycles. The Balaban J connectivity index is 1.60. The summed E-state index contributed by atoms with van der Waals surface area (Å²) in [4.78, 5) is 17.9. The number of halogens is 2. The Morgan fingerprint density at radius 2 is 2.24 bits per heavy atom. The van der Waals surface area contributed by atoms with E-state index in [9.17, 15) is 9.18 Å². The van der Waals surface area contributed by atoms with Crippen molar-refractivity contribution in [3.8, 4) is 0 Å². The summed E-state index contributed by atoms with van der Waals surface area (Å²) < 4.78 is 34.0. The predicted molar refractivity (Wildman–Crippen MR) is 87.6 cm³/mol. The largest absolute Gasteiger partial charge is 0.459 e. The molecule has 0 aliphatic carbocycles. The number of amides is 1. The van der Waals surface area contributed by atoms with Gasteiger partial charge >= 0.3 is 0 Å². The summed E-state index contributed by atoms with van der Waals surface area (Å²) in [5.74, 6) is -0.765. The first kappa shape index (κ1) is 15.6. The fraction of sp³-hybridized carbons (Fsp3) is 0.294. The second-order valence-corrected chi connectivity index (χ2v) is 6.15. The molecule has 2 aliphatic rings. The minimum Gasteiger partial charge on any atom is -0.459 e. The zero-order valence-corrected chi connectivity index (χ0v) is 13.2. The van der Waals surface area contributed by atoms with E-state index < -0.39 is 17.7 Å². The number of nitrogens with two attached hydrogens (primary N) is 1. The molecule has 130 valence electrons. The number of hydrogen-bond acceptors (Lipinski definition) is 5. The van der Waals surface area contributed by atoms with Crippen LogP contribution in [-0.4, -0.2) is 41.6 Å². The summed E-state index contributed by atoms with van der Waals surface area (Å²) in [5, 5.41) is 2.98. The second-order valence-electron chi connectivity index (χ2n) is 6.15. The van der Waals surface area contributed by atoms with Gasteiger partial charge in [-0.2, -0.15) is 0 Å². The van der Waals surface area contributed by atoms with Crippen LogP contribution in [0.1, 0.15) is 22.5 Å². The lowest BCUT2D eigenvalue weighted by Crippen LogP contribution is -2.59. The van der Waals surface area contributed by atoms with Crippen molar-refractivity contribution in [2.24, 2.45) is 10.7 Å². The average molecular weight is 346 g/mol. The van der Waals surface area contributed by atoms with Gasteiger partial charge in [0.15, 0.2) is 17.6 Å². The van der Waals surface area contributed by atoms with E-state index in [1.165, 1.54) is 29.4 Å². The molecule has 2 atom stereocenters. The lowest BCUT2D eigenvalue weighted by molar-refractivity contribution is 0.0467. The van der Waals surface area contributed by atoms with Gasteiger partial charge in [0.05, 0.1) is 18.4 Å². The standard InChI is InChI=1S/C17H16F2N4O2/c18-10-3-1-4-11-14(10)15(20)22-17(21-11)6-7-23(9-13(17)19)16(24)12-5-2-8-25-12/h1-5,8,13,21H,6-7,9H2,(H2,20,22)/t13-,17+/m0/s1. The molecular weight excluding hydrogens is 330 g/mol. The molecular formula is C17H16F2N4O2. The monoisotopic (exact) mass is 346 g/mol. The van der Waals surface area contributed by atoms with Crippen LogP contribution in [0.5, 0.6) is 0 Å². The molecule has 0 bridgehead atoms. The summed E-state index contributed by atoms with van der Waals surface area (Å²) in [6, 6.07) is 7.57. The third-order valence-corrected chi connectivity index (χ3v) is 4.62. The van der Waals surface area contributed by atoms with Crippen molar-refractivity contribution in [3.63, 3.8) is 0 Å². The highest BCUT2D eigenvalue weighted by Gasteiger charge is 2.47. The number of hydrogen-bond donors (Lipinski definition) is 2. The molecule has 25 heavy (non-hydrogen) atoms. The van der Waals surface area contributed by atoms with E-state index in [0.717, 1.165) is 0 Å². The summed E-state index contributed by atoms with van der Waals surface area (Å²) in [5.41, 5.74) is 5.14.